The molecule has 5 nitrogen and oxygen atoms in total. The van der Waals surface area contributed by atoms with Gasteiger partial charge in [-0.3, -0.25) is 0 Å². The first-order chi connectivity index (χ1) is 9.58. The lowest BCUT2D eigenvalue weighted by Gasteiger charge is -2.16. The summed E-state index contributed by atoms with van der Waals surface area (Å²) in [5.74, 6) is 0.190. The van der Waals surface area contributed by atoms with Crippen LogP contribution < -0.4 is 0 Å². The summed E-state index contributed by atoms with van der Waals surface area (Å²) >= 11 is 0. The number of fused-ring (bicyclic) bond motifs is 1. The van der Waals surface area contributed by atoms with E-state index in [9.17, 15) is 9.90 Å². The number of nitrogens with zero attached hydrogens (tertiary/aromatic N) is 2. The van der Waals surface area contributed by atoms with Crippen LogP contribution in [0.25, 0.3) is 11.0 Å². The van der Waals surface area contributed by atoms with Crippen LogP contribution in [-0.2, 0) is 6.54 Å². The number of hydrogen-bond donors (Lipinski definition) is 2. The standard InChI is InChI=1S/C15H20N2O3/c1-3-11(7-8-18)9-17-10(2)16-13-6-4-5-12(14(13)17)15(19)20/h4-6,11,18H,3,7-9H2,1-2H3,(H,19,20). The number of imidazole rings is 1. The molecule has 0 aliphatic rings. The zero-order valence-electron chi connectivity index (χ0n) is 11.8. The van der Waals surface area contributed by atoms with Crippen molar-refractivity contribution in [2.24, 2.45) is 5.92 Å². The molecule has 0 radical (unpaired) electrons. The van der Waals surface area contributed by atoms with Crippen LogP contribution in [0.4, 0.5) is 0 Å². The summed E-state index contributed by atoms with van der Waals surface area (Å²) in [6, 6.07) is 5.15. The molecule has 0 saturated heterocycles. The van der Waals surface area contributed by atoms with Crippen molar-refractivity contribution in [2.75, 3.05) is 6.61 Å². The summed E-state index contributed by atoms with van der Waals surface area (Å²) in [7, 11) is 0. The number of benzene rings is 1. The Morgan fingerprint density at radius 1 is 1.45 bits per heavy atom. The van der Waals surface area contributed by atoms with Crippen molar-refractivity contribution in [2.45, 2.75) is 33.2 Å². The Hall–Kier alpha value is -1.88. The predicted molar refractivity (Wildman–Crippen MR) is 76.9 cm³/mol. The van der Waals surface area contributed by atoms with Crippen molar-refractivity contribution < 1.29 is 15.0 Å². The first kappa shape index (κ1) is 14.5. The Kier molecular flexibility index (Phi) is 4.39. The van der Waals surface area contributed by atoms with Gasteiger partial charge < -0.3 is 14.8 Å². The number of rotatable bonds is 6. The molecule has 2 aromatic rings. The van der Waals surface area contributed by atoms with Crippen molar-refractivity contribution in [3.8, 4) is 0 Å². The minimum Gasteiger partial charge on any atom is -0.478 e. The molecule has 1 aromatic carbocycles. The van der Waals surface area contributed by atoms with E-state index in [2.05, 4.69) is 11.9 Å². The molecule has 2 N–H and O–H groups in total. The fraction of sp³-hybridized carbons (Fsp3) is 0.467. The molecule has 1 unspecified atom stereocenters. The molecule has 0 saturated carbocycles. The van der Waals surface area contributed by atoms with E-state index in [0.717, 1.165) is 12.2 Å². The lowest BCUT2D eigenvalue weighted by Crippen LogP contribution is -2.14. The highest BCUT2D eigenvalue weighted by Crippen LogP contribution is 2.23. The maximum atomic E-state index is 11.4. The van der Waals surface area contributed by atoms with Gasteiger partial charge in [-0.2, -0.15) is 0 Å². The van der Waals surface area contributed by atoms with Crippen molar-refractivity contribution >= 4 is 17.0 Å². The second kappa shape index (κ2) is 6.05. The normalized spacial score (nSPS) is 12.8. The van der Waals surface area contributed by atoms with Gasteiger partial charge in [-0.15, -0.1) is 0 Å². The van der Waals surface area contributed by atoms with Gasteiger partial charge in [-0.1, -0.05) is 19.4 Å². The van der Waals surface area contributed by atoms with Crippen LogP contribution in [0.1, 0.15) is 35.9 Å². The van der Waals surface area contributed by atoms with Gasteiger partial charge >= 0.3 is 5.97 Å². The van der Waals surface area contributed by atoms with Crippen molar-refractivity contribution in [1.29, 1.82) is 0 Å². The number of aromatic nitrogens is 2. The van der Waals surface area contributed by atoms with Gasteiger partial charge in [0.25, 0.3) is 0 Å². The summed E-state index contributed by atoms with van der Waals surface area (Å²) in [6.45, 7) is 4.80. The number of aliphatic hydroxyl groups is 1. The Bertz CT molecular complexity index is 619. The number of carboxylic acid groups (broad SMARTS) is 1. The monoisotopic (exact) mass is 276 g/mol. The molecular formula is C15H20N2O3. The molecule has 2 rings (SSSR count). The molecule has 0 aliphatic carbocycles. The van der Waals surface area contributed by atoms with Gasteiger partial charge in [-0.05, 0) is 31.4 Å². The molecule has 20 heavy (non-hydrogen) atoms. The molecule has 1 aromatic heterocycles. The summed E-state index contributed by atoms with van der Waals surface area (Å²) in [5.41, 5.74) is 1.66. The van der Waals surface area contributed by atoms with Crippen LogP contribution in [0.5, 0.6) is 0 Å². The Balaban J connectivity index is 2.51. The lowest BCUT2D eigenvalue weighted by atomic mass is 10.0. The number of para-hydroxylation sites is 1. The number of hydrogen-bond acceptors (Lipinski definition) is 3. The molecule has 1 heterocycles. The molecule has 0 spiro atoms. The zero-order chi connectivity index (χ0) is 14.7. The molecule has 0 aliphatic heterocycles. The minimum absolute atomic E-state index is 0.149. The average Bonchev–Trinajstić information content (AvgIpc) is 2.74. The molecule has 0 bridgehead atoms. The van der Waals surface area contributed by atoms with E-state index in [0.29, 0.717) is 29.9 Å². The third-order valence-corrected chi connectivity index (χ3v) is 3.74. The molecule has 0 fully saturated rings. The second-order valence-electron chi connectivity index (χ2n) is 5.03. The first-order valence-electron chi connectivity index (χ1n) is 6.88. The molecular weight excluding hydrogens is 256 g/mol. The maximum Gasteiger partial charge on any atom is 0.337 e. The third-order valence-electron chi connectivity index (χ3n) is 3.74. The van der Waals surface area contributed by atoms with E-state index in [1.165, 1.54) is 0 Å². The average molecular weight is 276 g/mol. The molecule has 1 atom stereocenters. The van der Waals surface area contributed by atoms with E-state index >= 15 is 0 Å². The highest BCUT2D eigenvalue weighted by Gasteiger charge is 2.17. The maximum absolute atomic E-state index is 11.4. The summed E-state index contributed by atoms with van der Waals surface area (Å²) in [6.07, 6.45) is 1.65. The Labute approximate surface area is 117 Å². The summed E-state index contributed by atoms with van der Waals surface area (Å²) in [5, 5.41) is 18.4. The summed E-state index contributed by atoms with van der Waals surface area (Å²) in [4.78, 5) is 15.8. The van der Waals surface area contributed by atoms with Crippen molar-refractivity contribution in [3.05, 3.63) is 29.6 Å². The largest absolute Gasteiger partial charge is 0.478 e. The highest BCUT2D eigenvalue weighted by molar-refractivity contribution is 6.01. The fourth-order valence-corrected chi connectivity index (χ4v) is 2.56. The number of carbonyl (C=O) groups is 1. The van der Waals surface area contributed by atoms with Gasteiger partial charge in [0, 0.05) is 13.2 Å². The number of aryl methyl sites for hydroxylation is 1. The zero-order valence-corrected chi connectivity index (χ0v) is 11.8. The number of aromatic carboxylic acids is 1. The Morgan fingerprint density at radius 3 is 2.80 bits per heavy atom. The molecule has 0 amide bonds. The highest BCUT2D eigenvalue weighted by atomic mass is 16.4. The fourth-order valence-electron chi connectivity index (χ4n) is 2.56. The first-order valence-corrected chi connectivity index (χ1v) is 6.88. The van der Waals surface area contributed by atoms with Crippen LogP contribution in [0.15, 0.2) is 18.2 Å². The third kappa shape index (κ3) is 2.67. The topological polar surface area (TPSA) is 75.3 Å². The number of carboxylic acids is 1. The van der Waals surface area contributed by atoms with Crippen LogP contribution in [0.2, 0.25) is 0 Å². The SMILES string of the molecule is CCC(CCO)Cn1c(C)nc2cccc(C(=O)O)c21. The van der Waals surface area contributed by atoms with Gasteiger partial charge in [0.15, 0.2) is 0 Å². The van der Waals surface area contributed by atoms with Crippen LogP contribution in [0, 0.1) is 12.8 Å². The van der Waals surface area contributed by atoms with E-state index < -0.39 is 5.97 Å². The van der Waals surface area contributed by atoms with Crippen LogP contribution in [-0.4, -0.2) is 32.3 Å². The Morgan fingerprint density at radius 2 is 2.20 bits per heavy atom. The minimum atomic E-state index is -0.938. The van der Waals surface area contributed by atoms with Crippen LogP contribution in [0.3, 0.4) is 0 Å². The number of aliphatic hydroxyl groups excluding tert-OH is 1. The van der Waals surface area contributed by atoms with Gasteiger partial charge in [-0.25, -0.2) is 9.78 Å². The van der Waals surface area contributed by atoms with E-state index in [1.807, 2.05) is 17.6 Å². The van der Waals surface area contributed by atoms with Crippen molar-refractivity contribution in [3.63, 3.8) is 0 Å². The molecule has 108 valence electrons. The predicted octanol–water partition coefficient (Wildman–Crippen LogP) is 2.45. The summed E-state index contributed by atoms with van der Waals surface area (Å²) < 4.78 is 1.96. The van der Waals surface area contributed by atoms with Gasteiger partial charge in [0.2, 0.25) is 0 Å². The molecule has 5 heteroatoms. The van der Waals surface area contributed by atoms with Crippen LogP contribution >= 0.6 is 0 Å². The van der Waals surface area contributed by atoms with E-state index in [4.69, 9.17) is 5.11 Å². The van der Waals surface area contributed by atoms with E-state index in [1.54, 1.807) is 12.1 Å². The quantitative estimate of drug-likeness (QED) is 0.849. The second-order valence-corrected chi connectivity index (χ2v) is 5.03. The van der Waals surface area contributed by atoms with Crippen molar-refractivity contribution in [1.82, 2.24) is 9.55 Å². The van der Waals surface area contributed by atoms with E-state index in [-0.39, 0.29) is 12.2 Å². The smallest absolute Gasteiger partial charge is 0.337 e. The lowest BCUT2D eigenvalue weighted by molar-refractivity contribution is 0.0698. The van der Waals surface area contributed by atoms with Gasteiger partial charge in [0.05, 0.1) is 16.6 Å². The van der Waals surface area contributed by atoms with Gasteiger partial charge in [0.1, 0.15) is 5.82 Å².